The first kappa shape index (κ1) is 26.1. The zero-order chi connectivity index (χ0) is 22.3. The van der Waals surface area contributed by atoms with Gasteiger partial charge in [0.2, 0.25) is 4.90 Å². The molecule has 0 spiro atoms. The van der Waals surface area contributed by atoms with Gasteiger partial charge in [-0.25, -0.2) is 0 Å². The second kappa shape index (κ2) is 15.6. The van der Waals surface area contributed by atoms with Crippen LogP contribution in [0.15, 0.2) is 41.3 Å². The van der Waals surface area contributed by atoms with Crippen molar-refractivity contribution in [3.8, 4) is 5.75 Å². The summed E-state index contributed by atoms with van der Waals surface area (Å²) in [7, 11) is 0. The van der Waals surface area contributed by atoms with Gasteiger partial charge in [-0.1, -0.05) is 115 Å². The maximum atomic E-state index is 13.3. The van der Waals surface area contributed by atoms with E-state index in [-0.39, 0.29) is 11.0 Å². The highest BCUT2D eigenvalue weighted by Gasteiger charge is 2.27. The van der Waals surface area contributed by atoms with E-state index >= 15 is 0 Å². The van der Waals surface area contributed by atoms with Crippen LogP contribution in [0.3, 0.4) is 0 Å². The molecular formula is C28H44O2S. The predicted octanol–water partition coefficient (Wildman–Crippen LogP) is 8.91. The molecule has 2 unspecified atom stereocenters. The molecule has 1 N–H and O–H groups in total. The van der Waals surface area contributed by atoms with Crippen LogP contribution in [0, 0.1) is 0 Å². The van der Waals surface area contributed by atoms with Crippen LogP contribution in [0.4, 0.5) is 0 Å². The van der Waals surface area contributed by atoms with Gasteiger partial charge in [0.1, 0.15) is 5.25 Å². The molecule has 0 saturated heterocycles. The van der Waals surface area contributed by atoms with E-state index in [0.29, 0.717) is 4.90 Å². The van der Waals surface area contributed by atoms with Gasteiger partial charge < -0.3 is 9.66 Å². The molecule has 2 nitrogen and oxygen atoms in total. The van der Waals surface area contributed by atoms with E-state index in [9.17, 15) is 9.66 Å². The van der Waals surface area contributed by atoms with Crippen molar-refractivity contribution in [2.75, 3.05) is 0 Å². The number of aromatic hydroxyl groups is 1. The Kier molecular flexibility index (Phi) is 13.1. The molecule has 0 saturated carbocycles. The second-order valence-electron chi connectivity index (χ2n) is 8.99. The van der Waals surface area contributed by atoms with Crippen LogP contribution >= 0.6 is 0 Å². The van der Waals surface area contributed by atoms with Crippen LogP contribution in [-0.2, 0) is 11.2 Å². The molecule has 174 valence electrons. The Morgan fingerprint density at radius 1 is 0.742 bits per heavy atom. The Hall–Kier alpha value is -1.19. The molecule has 0 aliphatic rings. The molecule has 0 aromatic heterocycles. The summed E-state index contributed by atoms with van der Waals surface area (Å²) < 4.78 is 13.3. The summed E-state index contributed by atoms with van der Waals surface area (Å²) in [5.41, 5.74) is 0. The molecule has 31 heavy (non-hydrogen) atoms. The van der Waals surface area contributed by atoms with Crippen molar-refractivity contribution >= 4 is 21.9 Å². The van der Waals surface area contributed by atoms with E-state index in [1.54, 1.807) is 6.07 Å². The minimum Gasteiger partial charge on any atom is -0.611 e. The Morgan fingerprint density at radius 2 is 1.29 bits per heavy atom. The van der Waals surface area contributed by atoms with Crippen LogP contribution in [0.5, 0.6) is 5.75 Å². The van der Waals surface area contributed by atoms with Crippen molar-refractivity contribution in [2.24, 2.45) is 0 Å². The number of phenolic OH excluding ortho intramolecular Hbond substituents is 1. The zero-order valence-electron chi connectivity index (χ0n) is 19.9. The number of rotatable bonds is 17. The number of unbranched alkanes of at least 4 members (excludes halogenated alkanes) is 12. The monoisotopic (exact) mass is 444 g/mol. The smallest absolute Gasteiger partial charge is 0.202 e. The standard InChI is InChI=1S/C28H44O2S/c1-3-5-6-7-8-9-10-11-12-13-14-15-16-20-25(4-2)31(30)28-26-21-18-17-19-24(26)22-23-27(28)29/h17-19,21-23,25,29H,3-16,20H2,1-2H3. The maximum absolute atomic E-state index is 13.3. The third-order valence-corrected chi connectivity index (χ3v) is 8.45. The number of fused-ring (bicyclic) bond motifs is 1. The summed E-state index contributed by atoms with van der Waals surface area (Å²) >= 11 is -1.17. The first-order valence-electron chi connectivity index (χ1n) is 12.8. The molecule has 0 heterocycles. The Balaban J connectivity index is 1.64. The lowest BCUT2D eigenvalue weighted by molar-refractivity contribution is 0.458. The normalized spacial score (nSPS) is 13.5. The van der Waals surface area contributed by atoms with Crippen molar-refractivity contribution in [3.63, 3.8) is 0 Å². The first-order valence-corrected chi connectivity index (χ1v) is 14.0. The number of benzene rings is 2. The van der Waals surface area contributed by atoms with Gasteiger partial charge in [0.25, 0.3) is 0 Å². The van der Waals surface area contributed by atoms with Gasteiger partial charge in [-0.15, -0.1) is 0 Å². The summed E-state index contributed by atoms with van der Waals surface area (Å²) in [6, 6.07) is 11.5. The van der Waals surface area contributed by atoms with E-state index in [1.165, 1.54) is 77.0 Å². The molecule has 0 fully saturated rings. The maximum Gasteiger partial charge on any atom is 0.202 e. The predicted molar refractivity (Wildman–Crippen MR) is 136 cm³/mol. The lowest BCUT2D eigenvalue weighted by Crippen LogP contribution is -2.21. The highest BCUT2D eigenvalue weighted by Crippen LogP contribution is 2.35. The lowest BCUT2D eigenvalue weighted by Gasteiger charge is -2.22. The molecule has 0 aliphatic carbocycles. The van der Waals surface area contributed by atoms with Crippen LogP contribution in [0.25, 0.3) is 10.8 Å². The molecule has 0 aliphatic heterocycles. The molecule has 0 amide bonds. The van der Waals surface area contributed by atoms with Gasteiger partial charge in [0.05, 0.1) is 0 Å². The number of hydrogen-bond acceptors (Lipinski definition) is 2. The summed E-state index contributed by atoms with van der Waals surface area (Å²) in [5.74, 6) is 0.167. The van der Waals surface area contributed by atoms with E-state index in [4.69, 9.17) is 0 Å². The third-order valence-electron chi connectivity index (χ3n) is 6.45. The molecule has 0 radical (unpaired) electrons. The SMILES string of the molecule is CCCCCCCCCCCCCCCC(CC)[S+]([O-])c1c(O)ccc2ccccc12. The molecule has 0 bridgehead atoms. The third kappa shape index (κ3) is 9.06. The van der Waals surface area contributed by atoms with Crippen LogP contribution in [0.2, 0.25) is 0 Å². The fourth-order valence-corrected chi connectivity index (χ4v) is 6.16. The van der Waals surface area contributed by atoms with Crippen LogP contribution in [-0.4, -0.2) is 14.9 Å². The quantitative estimate of drug-likeness (QED) is 0.195. The Bertz CT molecular complexity index is 730. The molecule has 2 rings (SSSR count). The lowest BCUT2D eigenvalue weighted by atomic mass is 10.0. The van der Waals surface area contributed by atoms with E-state index < -0.39 is 11.2 Å². The molecule has 3 heteroatoms. The fraction of sp³-hybridized carbons (Fsp3) is 0.643. The van der Waals surface area contributed by atoms with Crippen LogP contribution in [0.1, 0.15) is 110 Å². The summed E-state index contributed by atoms with van der Waals surface area (Å²) in [6.45, 7) is 4.39. The van der Waals surface area contributed by atoms with Crippen molar-refractivity contribution in [1.82, 2.24) is 0 Å². The fourth-order valence-electron chi connectivity index (χ4n) is 4.46. The minimum absolute atomic E-state index is 0.115. The van der Waals surface area contributed by atoms with Gasteiger partial charge in [0.15, 0.2) is 5.75 Å². The van der Waals surface area contributed by atoms with E-state index in [0.717, 1.165) is 30.0 Å². The highest BCUT2D eigenvalue weighted by atomic mass is 32.2. The minimum atomic E-state index is -1.17. The average molecular weight is 445 g/mol. The second-order valence-corrected chi connectivity index (χ2v) is 10.7. The van der Waals surface area contributed by atoms with Crippen molar-refractivity contribution in [2.45, 2.75) is 120 Å². The zero-order valence-corrected chi connectivity index (χ0v) is 20.7. The highest BCUT2D eigenvalue weighted by molar-refractivity contribution is 7.92. The van der Waals surface area contributed by atoms with Crippen molar-refractivity contribution in [3.05, 3.63) is 36.4 Å². The Labute approximate surface area is 194 Å². The topological polar surface area (TPSA) is 43.3 Å². The van der Waals surface area contributed by atoms with Gasteiger partial charge in [-0.2, -0.15) is 0 Å². The van der Waals surface area contributed by atoms with Gasteiger partial charge in [0, 0.05) is 5.39 Å². The average Bonchev–Trinajstić information content (AvgIpc) is 2.79. The molecular weight excluding hydrogens is 400 g/mol. The van der Waals surface area contributed by atoms with Gasteiger partial charge >= 0.3 is 0 Å². The summed E-state index contributed by atoms with van der Waals surface area (Å²) in [6.07, 6.45) is 19.4. The Morgan fingerprint density at radius 3 is 1.87 bits per heavy atom. The molecule has 2 aromatic carbocycles. The molecule has 2 aromatic rings. The van der Waals surface area contributed by atoms with E-state index in [2.05, 4.69) is 13.8 Å². The van der Waals surface area contributed by atoms with Gasteiger partial charge in [-0.3, -0.25) is 0 Å². The first-order chi connectivity index (χ1) is 15.2. The van der Waals surface area contributed by atoms with Crippen molar-refractivity contribution in [1.29, 1.82) is 0 Å². The van der Waals surface area contributed by atoms with Gasteiger partial charge in [-0.05, 0) is 48.0 Å². The number of hydrogen-bond donors (Lipinski definition) is 1. The van der Waals surface area contributed by atoms with E-state index in [1.807, 2.05) is 30.3 Å². The van der Waals surface area contributed by atoms with Crippen molar-refractivity contribution < 1.29 is 9.66 Å². The summed E-state index contributed by atoms with van der Waals surface area (Å²) in [5, 5.41) is 12.5. The molecule has 2 atom stereocenters. The number of phenols is 1. The van der Waals surface area contributed by atoms with Crippen LogP contribution < -0.4 is 0 Å². The summed E-state index contributed by atoms with van der Waals surface area (Å²) in [4.78, 5) is 0.625. The largest absolute Gasteiger partial charge is 0.611 e.